The number of carbonyl (C=O) groups excluding carboxylic acids is 1. The minimum atomic E-state index is -0.171. The average molecular weight is 451 g/mol. The fourth-order valence-corrected chi connectivity index (χ4v) is 5.06. The Morgan fingerprint density at radius 1 is 0.971 bits per heavy atom. The van der Waals surface area contributed by atoms with E-state index in [0.29, 0.717) is 12.3 Å². The monoisotopic (exact) mass is 450 g/mol. The summed E-state index contributed by atoms with van der Waals surface area (Å²) >= 11 is 0. The maximum absolute atomic E-state index is 11.9. The van der Waals surface area contributed by atoms with Crippen LogP contribution in [0.4, 0.5) is 0 Å². The summed E-state index contributed by atoms with van der Waals surface area (Å²) in [5.41, 5.74) is 7.02. The number of hydrogen-bond donors (Lipinski definition) is 0. The standard InChI is InChI=1S/C30H30N2O2/c1-2-28(33)34-27-18-10-16-25-22(15-9-17-26(25)27)19-20-32-21-31-29(23-11-5-3-6-12-23)30(32)24-13-7-4-8-14-24/h3-8,10-14,16,18,21-22H,2,9,15,17,19-20H2,1H3. The van der Waals surface area contributed by atoms with Crippen LogP contribution in [0.25, 0.3) is 22.5 Å². The molecule has 0 bridgehead atoms. The van der Waals surface area contributed by atoms with E-state index in [0.717, 1.165) is 54.9 Å². The van der Waals surface area contributed by atoms with Crippen LogP contribution in [-0.2, 0) is 17.8 Å². The van der Waals surface area contributed by atoms with Crippen LogP contribution in [0.1, 0.15) is 49.7 Å². The van der Waals surface area contributed by atoms with Crippen molar-refractivity contribution in [1.82, 2.24) is 9.55 Å². The third-order valence-electron chi connectivity index (χ3n) is 6.75. The second kappa shape index (κ2) is 10.1. The molecule has 1 aromatic heterocycles. The van der Waals surface area contributed by atoms with E-state index in [-0.39, 0.29) is 5.97 Å². The predicted molar refractivity (Wildman–Crippen MR) is 136 cm³/mol. The average Bonchev–Trinajstić information content (AvgIpc) is 3.32. The second-order valence-electron chi connectivity index (χ2n) is 8.90. The van der Waals surface area contributed by atoms with Crippen molar-refractivity contribution in [3.63, 3.8) is 0 Å². The molecule has 5 rings (SSSR count). The van der Waals surface area contributed by atoms with Crippen LogP contribution in [0.2, 0.25) is 0 Å². The van der Waals surface area contributed by atoms with Gasteiger partial charge in [-0.2, -0.15) is 0 Å². The first-order chi connectivity index (χ1) is 16.7. The molecule has 34 heavy (non-hydrogen) atoms. The van der Waals surface area contributed by atoms with Crippen molar-refractivity contribution in [1.29, 1.82) is 0 Å². The molecule has 0 spiro atoms. The number of imidazole rings is 1. The van der Waals surface area contributed by atoms with Crippen LogP contribution in [0.3, 0.4) is 0 Å². The van der Waals surface area contributed by atoms with Gasteiger partial charge in [0.2, 0.25) is 0 Å². The Morgan fingerprint density at radius 2 is 1.71 bits per heavy atom. The van der Waals surface area contributed by atoms with Gasteiger partial charge in [0.1, 0.15) is 5.75 Å². The van der Waals surface area contributed by atoms with E-state index in [1.807, 2.05) is 37.5 Å². The summed E-state index contributed by atoms with van der Waals surface area (Å²) < 4.78 is 7.95. The summed E-state index contributed by atoms with van der Waals surface area (Å²) in [5, 5.41) is 0. The minimum Gasteiger partial charge on any atom is -0.426 e. The number of esters is 1. The predicted octanol–water partition coefficient (Wildman–Crippen LogP) is 7.04. The normalized spacial score (nSPS) is 15.0. The molecule has 4 nitrogen and oxygen atoms in total. The van der Waals surface area contributed by atoms with E-state index in [1.165, 1.54) is 16.7 Å². The van der Waals surface area contributed by atoms with Gasteiger partial charge in [-0.1, -0.05) is 79.7 Å². The molecular weight excluding hydrogens is 420 g/mol. The SMILES string of the molecule is CCC(=O)Oc1cccc2c1CCCC2CCn1cnc(-c2ccccc2)c1-c1ccccc1. The van der Waals surface area contributed by atoms with Crippen LogP contribution in [0.5, 0.6) is 5.75 Å². The lowest BCUT2D eigenvalue weighted by Crippen LogP contribution is -2.15. The van der Waals surface area contributed by atoms with Crippen LogP contribution in [0.15, 0.2) is 85.2 Å². The zero-order valence-electron chi connectivity index (χ0n) is 19.6. The number of benzene rings is 3. The van der Waals surface area contributed by atoms with Gasteiger partial charge in [0, 0.05) is 24.1 Å². The number of ether oxygens (including phenoxy) is 1. The Morgan fingerprint density at radius 3 is 2.44 bits per heavy atom. The van der Waals surface area contributed by atoms with Gasteiger partial charge in [0.25, 0.3) is 0 Å². The Bertz CT molecular complexity index is 1260. The quantitative estimate of drug-likeness (QED) is 0.224. The molecule has 1 aliphatic rings. The van der Waals surface area contributed by atoms with Gasteiger partial charge >= 0.3 is 5.97 Å². The molecule has 1 atom stereocenters. The zero-order valence-corrected chi connectivity index (χ0v) is 19.6. The fraction of sp³-hybridized carbons (Fsp3) is 0.267. The van der Waals surface area contributed by atoms with E-state index in [9.17, 15) is 4.79 Å². The molecular formula is C30H30N2O2. The van der Waals surface area contributed by atoms with Crippen molar-refractivity contribution in [2.75, 3.05) is 0 Å². The third-order valence-corrected chi connectivity index (χ3v) is 6.75. The maximum Gasteiger partial charge on any atom is 0.310 e. The Kier molecular flexibility index (Phi) is 6.57. The number of rotatable bonds is 7. The van der Waals surface area contributed by atoms with Crippen molar-refractivity contribution in [2.45, 2.75) is 51.5 Å². The van der Waals surface area contributed by atoms with Crippen molar-refractivity contribution in [2.24, 2.45) is 0 Å². The largest absolute Gasteiger partial charge is 0.426 e. The van der Waals surface area contributed by atoms with Gasteiger partial charge < -0.3 is 9.30 Å². The zero-order chi connectivity index (χ0) is 23.3. The van der Waals surface area contributed by atoms with E-state index < -0.39 is 0 Å². The van der Waals surface area contributed by atoms with E-state index in [2.05, 4.69) is 59.2 Å². The molecule has 0 N–H and O–H groups in total. The Labute approximate surface area is 201 Å². The van der Waals surface area contributed by atoms with Crippen molar-refractivity contribution in [3.05, 3.63) is 96.3 Å². The number of carbonyl (C=O) groups is 1. The first-order valence-electron chi connectivity index (χ1n) is 12.2. The van der Waals surface area contributed by atoms with E-state index in [1.54, 1.807) is 0 Å². The highest BCUT2D eigenvalue weighted by molar-refractivity contribution is 5.78. The number of aromatic nitrogens is 2. The van der Waals surface area contributed by atoms with Gasteiger partial charge in [-0.05, 0) is 48.8 Å². The molecule has 0 fully saturated rings. The molecule has 4 heteroatoms. The second-order valence-corrected chi connectivity index (χ2v) is 8.90. The first kappa shape index (κ1) is 22.1. The molecule has 0 radical (unpaired) electrons. The smallest absolute Gasteiger partial charge is 0.310 e. The van der Waals surface area contributed by atoms with Crippen LogP contribution >= 0.6 is 0 Å². The molecule has 0 amide bonds. The lowest BCUT2D eigenvalue weighted by atomic mass is 9.80. The highest BCUT2D eigenvalue weighted by atomic mass is 16.5. The maximum atomic E-state index is 11.9. The fourth-order valence-electron chi connectivity index (χ4n) is 5.06. The Hall–Kier alpha value is -3.66. The number of fused-ring (bicyclic) bond motifs is 1. The molecule has 3 aromatic carbocycles. The topological polar surface area (TPSA) is 44.1 Å². The minimum absolute atomic E-state index is 0.171. The summed E-state index contributed by atoms with van der Waals surface area (Å²) in [6.07, 6.45) is 6.62. The van der Waals surface area contributed by atoms with Crippen LogP contribution in [0, 0.1) is 0 Å². The summed E-state index contributed by atoms with van der Waals surface area (Å²) in [6.45, 7) is 2.72. The lowest BCUT2D eigenvalue weighted by molar-refractivity contribution is -0.134. The van der Waals surface area contributed by atoms with Gasteiger partial charge in [-0.3, -0.25) is 4.79 Å². The van der Waals surface area contributed by atoms with Crippen molar-refractivity contribution in [3.8, 4) is 28.3 Å². The molecule has 172 valence electrons. The molecule has 1 aliphatic carbocycles. The summed E-state index contributed by atoms with van der Waals surface area (Å²) in [5.74, 6) is 1.01. The highest BCUT2D eigenvalue weighted by Gasteiger charge is 2.24. The van der Waals surface area contributed by atoms with E-state index in [4.69, 9.17) is 9.72 Å². The highest BCUT2D eigenvalue weighted by Crippen LogP contribution is 2.39. The number of aryl methyl sites for hydroxylation is 1. The van der Waals surface area contributed by atoms with Gasteiger partial charge in [0.15, 0.2) is 0 Å². The summed E-state index contributed by atoms with van der Waals surface area (Å²) in [6, 6.07) is 27.1. The molecule has 1 heterocycles. The van der Waals surface area contributed by atoms with Crippen molar-refractivity contribution >= 4 is 5.97 Å². The van der Waals surface area contributed by atoms with Crippen molar-refractivity contribution < 1.29 is 9.53 Å². The Balaban J connectivity index is 1.43. The molecule has 0 saturated carbocycles. The first-order valence-corrected chi connectivity index (χ1v) is 12.2. The number of hydrogen-bond acceptors (Lipinski definition) is 3. The van der Waals surface area contributed by atoms with Crippen LogP contribution < -0.4 is 4.74 Å². The van der Waals surface area contributed by atoms with Gasteiger partial charge in [-0.15, -0.1) is 0 Å². The molecule has 0 saturated heterocycles. The molecule has 1 unspecified atom stereocenters. The molecule has 0 aliphatic heterocycles. The van der Waals surface area contributed by atoms with E-state index >= 15 is 0 Å². The summed E-state index contributed by atoms with van der Waals surface area (Å²) in [4.78, 5) is 16.8. The third kappa shape index (κ3) is 4.54. The summed E-state index contributed by atoms with van der Waals surface area (Å²) in [7, 11) is 0. The van der Waals surface area contributed by atoms with Gasteiger partial charge in [-0.25, -0.2) is 4.98 Å². The molecule has 4 aromatic rings. The van der Waals surface area contributed by atoms with Crippen LogP contribution in [-0.4, -0.2) is 15.5 Å². The number of nitrogens with zero attached hydrogens (tertiary/aromatic N) is 2. The van der Waals surface area contributed by atoms with Gasteiger partial charge in [0.05, 0.1) is 17.7 Å². The lowest BCUT2D eigenvalue weighted by Gasteiger charge is -2.27.